The highest BCUT2D eigenvalue weighted by molar-refractivity contribution is 6.10. The summed E-state index contributed by atoms with van der Waals surface area (Å²) in [5, 5.41) is 3.22. The SMILES string of the molecule is CC1(C)c2ccccc2-c2ccc(-c3cc(-c4ccccc4)nc(-c4cccc(-c5ccc6ccc7c(-c8ccccc8)nc(-c8ccccc8)nc7c6c5)c4)n3)cc21. The molecule has 278 valence electrons. The molecule has 0 fully saturated rings. The lowest BCUT2D eigenvalue weighted by Crippen LogP contribution is -2.14. The second-order valence-corrected chi connectivity index (χ2v) is 15.9. The molecule has 0 unspecified atom stereocenters. The minimum absolute atomic E-state index is 0.113. The third kappa shape index (κ3) is 6.00. The summed E-state index contributed by atoms with van der Waals surface area (Å²) < 4.78 is 0. The molecule has 11 rings (SSSR count). The fraction of sp³-hybridized carbons (Fsp3) is 0.0545. The molecule has 1 aliphatic carbocycles. The zero-order chi connectivity index (χ0) is 39.5. The highest BCUT2D eigenvalue weighted by Crippen LogP contribution is 2.49. The summed E-state index contributed by atoms with van der Waals surface area (Å²) in [6, 6.07) is 68.3. The second kappa shape index (κ2) is 13.8. The van der Waals surface area contributed by atoms with Crippen LogP contribution in [0.4, 0.5) is 0 Å². The smallest absolute Gasteiger partial charge is 0.160 e. The molecule has 59 heavy (non-hydrogen) atoms. The monoisotopic (exact) mass is 754 g/mol. The topological polar surface area (TPSA) is 51.6 Å². The predicted molar refractivity (Wildman–Crippen MR) is 243 cm³/mol. The maximum absolute atomic E-state index is 5.30. The highest BCUT2D eigenvalue weighted by atomic mass is 14.9. The zero-order valence-corrected chi connectivity index (χ0v) is 32.8. The normalized spacial score (nSPS) is 12.7. The lowest BCUT2D eigenvalue weighted by molar-refractivity contribution is 0.660. The number of benzene rings is 8. The van der Waals surface area contributed by atoms with E-state index in [1.807, 2.05) is 30.3 Å². The van der Waals surface area contributed by atoms with Crippen molar-refractivity contribution in [1.82, 2.24) is 19.9 Å². The first-order chi connectivity index (χ1) is 29.0. The molecule has 4 heteroatoms. The van der Waals surface area contributed by atoms with Gasteiger partial charge < -0.3 is 0 Å². The quantitative estimate of drug-likeness (QED) is 0.159. The van der Waals surface area contributed by atoms with Crippen LogP contribution < -0.4 is 0 Å². The van der Waals surface area contributed by atoms with Crippen LogP contribution in [0, 0.1) is 0 Å². The van der Waals surface area contributed by atoms with Gasteiger partial charge in [0.05, 0.1) is 22.6 Å². The summed E-state index contributed by atoms with van der Waals surface area (Å²) >= 11 is 0. The fourth-order valence-corrected chi connectivity index (χ4v) is 8.81. The van der Waals surface area contributed by atoms with Crippen molar-refractivity contribution in [2.45, 2.75) is 19.3 Å². The van der Waals surface area contributed by atoms with Crippen LogP contribution in [0.3, 0.4) is 0 Å². The van der Waals surface area contributed by atoms with Crippen LogP contribution in [-0.2, 0) is 5.41 Å². The van der Waals surface area contributed by atoms with Crippen molar-refractivity contribution in [3.63, 3.8) is 0 Å². The van der Waals surface area contributed by atoms with Gasteiger partial charge in [-0.05, 0) is 69.1 Å². The van der Waals surface area contributed by atoms with Crippen molar-refractivity contribution < 1.29 is 0 Å². The molecule has 4 nitrogen and oxygen atoms in total. The Labute approximate surface area is 343 Å². The lowest BCUT2D eigenvalue weighted by atomic mass is 9.82. The highest BCUT2D eigenvalue weighted by Gasteiger charge is 2.35. The van der Waals surface area contributed by atoms with Crippen molar-refractivity contribution in [2.24, 2.45) is 0 Å². The van der Waals surface area contributed by atoms with Crippen molar-refractivity contribution in [3.8, 4) is 78.8 Å². The van der Waals surface area contributed by atoms with Crippen LogP contribution in [0.15, 0.2) is 194 Å². The molecule has 0 aliphatic heterocycles. The predicted octanol–water partition coefficient (Wildman–Crippen LogP) is 13.9. The van der Waals surface area contributed by atoms with E-state index in [9.17, 15) is 0 Å². The average Bonchev–Trinajstić information content (AvgIpc) is 3.54. The molecule has 0 amide bonds. The Hall–Kier alpha value is -7.56. The fourth-order valence-electron chi connectivity index (χ4n) is 8.81. The van der Waals surface area contributed by atoms with Gasteiger partial charge in [0.25, 0.3) is 0 Å². The number of hydrogen-bond acceptors (Lipinski definition) is 4. The van der Waals surface area contributed by atoms with Crippen LogP contribution in [0.2, 0.25) is 0 Å². The Morgan fingerprint density at radius 3 is 1.69 bits per heavy atom. The maximum atomic E-state index is 5.30. The Kier molecular flexibility index (Phi) is 8.12. The summed E-state index contributed by atoms with van der Waals surface area (Å²) in [5.74, 6) is 1.39. The Balaban J connectivity index is 1.05. The van der Waals surface area contributed by atoms with Crippen LogP contribution in [0.25, 0.3) is 100 Å². The molecule has 2 heterocycles. The first-order valence-corrected chi connectivity index (χ1v) is 20.1. The third-order valence-corrected chi connectivity index (χ3v) is 11.9. The molecule has 0 bridgehead atoms. The van der Waals surface area contributed by atoms with E-state index < -0.39 is 0 Å². The van der Waals surface area contributed by atoms with Gasteiger partial charge in [0.15, 0.2) is 11.6 Å². The van der Waals surface area contributed by atoms with E-state index >= 15 is 0 Å². The van der Waals surface area contributed by atoms with Gasteiger partial charge in [0, 0.05) is 44.0 Å². The van der Waals surface area contributed by atoms with E-state index in [4.69, 9.17) is 19.9 Å². The van der Waals surface area contributed by atoms with Gasteiger partial charge in [-0.25, -0.2) is 19.9 Å². The number of hydrogen-bond donors (Lipinski definition) is 0. The maximum Gasteiger partial charge on any atom is 0.160 e. The second-order valence-electron chi connectivity index (χ2n) is 15.9. The van der Waals surface area contributed by atoms with Crippen molar-refractivity contribution in [1.29, 1.82) is 0 Å². The molecule has 1 aliphatic rings. The van der Waals surface area contributed by atoms with Crippen LogP contribution in [0.5, 0.6) is 0 Å². The molecule has 8 aromatic carbocycles. The van der Waals surface area contributed by atoms with Crippen LogP contribution >= 0.6 is 0 Å². The van der Waals surface area contributed by atoms with Gasteiger partial charge in [-0.3, -0.25) is 0 Å². The van der Waals surface area contributed by atoms with Crippen molar-refractivity contribution >= 4 is 21.7 Å². The summed E-state index contributed by atoms with van der Waals surface area (Å²) in [4.78, 5) is 20.9. The molecule has 0 N–H and O–H groups in total. The standard InChI is InChI=1S/C55H38N4/c1-55(2)47-24-13-12-23-43(47)44-29-28-41(33-48(44)55)50-34-49(36-15-6-3-7-16-36)56-54(57-50)42-22-14-21-39(31-42)40-26-25-35-27-30-45-51(37-17-8-4-9-18-37)58-53(38-19-10-5-11-20-38)59-52(45)46(35)32-40/h3-34H,1-2H3. The Morgan fingerprint density at radius 1 is 0.339 bits per heavy atom. The third-order valence-electron chi connectivity index (χ3n) is 11.9. The minimum Gasteiger partial charge on any atom is -0.228 e. The van der Waals surface area contributed by atoms with Gasteiger partial charge in [-0.2, -0.15) is 0 Å². The summed E-state index contributed by atoms with van der Waals surface area (Å²) in [6.07, 6.45) is 0. The molecule has 0 spiro atoms. The molecule has 10 aromatic rings. The van der Waals surface area contributed by atoms with E-state index in [0.29, 0.717) is 11.6 Å². The summed E-state index contributed by atoms with van der Waals surface area (Å²) in [7, 11) is 0. The van der Waals surface area contributed by atoms with E-state index in [0.717, 1.165) is 77.7 Å². The van der Waals surface area contributed by atoms with E-state index in [1.165, 1.54) is 22.3 Å². The van der Waals surface area contributed by atoms with Gasteiger partial charge in [-0.15, -0.1) is 0 Å². The average molecular weight is 755 g/mol. The number of rotatable bonds is 6. The van der Waals surface area contributed by atoms with E-state index in [2.05, 4.69) is 178 Å². The van der Waals surface area contributed by atoms with E-state index in [-0.39, 0.29) is 5.41 Å². The lowest BCUT2D eigenvalue weighted by Gasteiger charge is -2.22. The Bertz CT molecular complexity index is 3230. The van der Waals surface area contributed by atoms with Crippen molar-refractivity contribution in [2.75, 3.05) is 0 Å². The van der Waals surface area contributed by atoms with Crippen molar-refractivity contribution in [3.05, 3.63) is 205 Å². The number of fused-ring (bicyclic) bond motifs is 6. The van der Waals surface area contributed by atoms with E-state index in [1.54, 1.807) is 0 Å². The molecule has 2 aromatic heterocycles. The molecule has 0 saturated heterocycles. The Morgan fingerprint density at radius 2 is 0.915 bits per heavy atom. The summed E-state index contributed by atoms with van der Waals surface area (Å²) in [6.45, 7) is 4.64. The summed E-state index contributed by atoms with van der Waals surface area (Å²) in [5.41, 5.74) is 16.1. The number of aromatic nitrogens is 4. The molecular formula is C55H38N4. The zero-order valence-electron chi connectivity index (χ0n) is 32.8. The molecular weight excluding hydrogens is 717 g/mol. The van der Waals surface area contributed by atoms with Gasteiger partial charge in [0.1, 0.15) is 0 Å². The molecule has 0 radical (unpaired) electrons. The minimum atomic E-state index is -0.113. The molecule has 0 atom stereocenters. The van der Waals surface area contributed by atoms with Gasteiger partial charge in [0.2, 0.25) is 0 Å². The van der Waals surface area contributed by atoms with Gasteiger partial charge in [-0.1, -0.05) is 178 Å². The molecule has 0 saturated carbocycles. The van der Waals surface area contributed by atoms with Crippen LogP contribution in [0.1, 0.15) is 25.0 Å². The van der Waals surface area contributed by atoms with Gasteiger partial charge >= 0.3 is 0 Å². The largest absolute Gasteiger partial charge is 0.228 e. The first kappa shape index (κ1) is 34.7. The number of nitrogens with zero attached hydrogens (tertiary/aromatic N) is 4. The first-order valence-electron chi connectivity index (χ1n) is 20.1. The van der Waals surface area contributed by atoms with Crippen LogP contribution in [-0.4, -0.2) is 19.9 Å².